The first-order valence-corrected chi connectivity index (χ1v) is 10.9. The first-order chi connectivity index (χ1) is 15.5. The van der Waals surface area contributed by atoms with E-state index in [0.29, 0.717) is 5.69 Å². The van der Waals surface area contributed by atoms with Gasteiger partial charge in [-0.2, -0.15) is 5.10 Å². The van der Waals surface area contributed by atoms with Crippen LogP contribution < -0.4 is 15.6 Å². The van der Waals surface area contributed by atoms with E-state index in [0.717, 1.165) is 27.6 Å². The predicted molar refractivity (Wildman–Crippen MR) is 125 cm³/mol. The summed E-state index contributed by atoms with van der Waals surface area (Å²) in [6.07, 6.45) is 0. The fourth-order valence-corrected chi connectivity index (χ4v) is 3.98. The second-order valence-corrected chi connectivity index (χ2v) is 7.99. The molecule has 8 heteroatoms. The van der Waals surface area contributed by atoms with E-state index in [4.69, 9.17) is 4.74 Å². The molecule has 4 rings (SSSR count). The Balaban J connectivity index is 1.43. The van der Waals surface area contributed by atoms with Crippen LogP contribution in [0, 0.1) is 0 Å². The fraction of sp³-hybridized carbons (Fsp3) is 0.167. The molecule has 0 unspecified atom stereocenters. The molecule has 7 nitrogen and oxygen atoms in total. The van der Waals surface area contributed by atoms with Crippen molar-refractivity contribution in [2.75, 3.05) is 7.11 Å². The molecule has 0 spiro atoms. The molecule has 1 amide bonds. The van der Waals surface area contributed by atoms with Crippen LogP contribution in [0.1, 0.15) is 18.7 Å². The van der Waals surface area contributed by atoms with Gasteiger partial charge in [0.2, 0.25) is 5.91 Å². The molecule has 0 saturated carbocycles. The van der Waals surface area contributed by atoms with Crippen LogP contribution in [0.25, 0.3) is 21.8 Å². The van der Waals surface area contributed by atoms with Crippen molar-refractivity contribution < 1.29 is 9.53 Å². The van der Waals surface area contributed by atoms with Crippen LogP contribution in [0.4, 0.5) is 0 Å². The van der Waals surface area contributed by atoms with Crippen molar-refractivity contribution in [2.24, 2.45) is 0 Å². The quantitative estimate of drug-likeness (QED) is 0.465. The molecule has 0 aliphatic carbocycles. The lowest BCUT2D eigenvalue weighted by Gasteiger charge is -2.14. The van der Waals surface area contributed by atoms with Gasteiger partial charge >= 0.3 is 0 Å². The van der Waals surface area contributed by atoms with Gasteiger partial charge in [-0.15, -0.1) is 11.3 Å². The lowest BCUT2D eigenvalue weighted by atomic mass is 10.1. The Morgan fingerprint density at radius 2 is 1.81 bits per heavy atom. The number of methoxy groups -OCH3 is 1. The number of benzene rings is 2. The minimum atomic E-state index is -0.758. The maximum Gasteiger partial charge on any atom is 0.267 e. The summed E-state index contributed by atoms with van der Waals surface area (Å²) >= 11 is 1.50. The van der Waals surface area contributed by atoms with Crippen LogP contribution >= 0.6 is 11.3 Å². The van der Waals surface area contributed by atoms with Gasteiger partial charge in [-0.05, 0) is 37.3 Å². The summed E-state index contributed by atoms with van der Waals surface area (Å²) in [7, 11) is 1.63. The Morgan fingerprint density at radius 3 is 2.53 bits per heavy atom. The summed E-state index contributed by atoms with van der Waals surface area (Å²) in [5, 5.41) is 10.0. The van der Waals surface area contributed by atoms with E-state index < -0.39 is 6.04 Å². The summed E-state index contributed by atoms with van der Waals surface area (Å²) < 4.78 is 6.39. The Hall–Kier alpha value is -3.78. The monoisotopic (exact) mass is 446 g/mol. The van der Waals surface area contributed by atoms with Crippen LogP contribution in [0.3, 0.4) is 0 Å². The molecule has 0 aliphatic heterocycles. The molecular formula is C24H22N4O3S. The number of amides is 1. The Labute approximate surface area is 189 Å². The van der Waals surface area contributed by atoms with Crippen LogP contribution in [0.2, 0.25) is 0 Å². The van der Waals surface area contributed by atoms with Crippen molar-refractivity contribution in [1.29, 1.82) is 0 Å². The first-order valence-electron chi connectivity index (χ1n) is 10.1. The molecule has 0 bridgehead atoms. The smallest absolute Gasteiger partial charge is 0.267 e. The fourth-order valence-electron chi connectivity index (χ4n) is 3.16. The third kappa shape index (κ3) is 4.76. The molecular weight excluding hydrogens is 424 g/mol. The van der Waals surface area contributed by atoms with Crippen LogP contribution in [0.5, 0.6) is 5.75 Å². The molecule has 1 N–H and O–H groups in total. The summed E-state index contributed by atoms with van der Waals surface area (Å²) in [5.41, 5.74) is 2.91. The molecule has 4 aromatic rings. The average molecular weight is 447 g/mol. The van der Waals surface area contributed by atoms with Crippen LogP contribution in [-0.2, 0) is 11.3 Å². The van der Waals surface area contributed by atoms with Gasteiger partial charge in [0.1, 0.15) is 16.8 Å². The van der Waals surface area contributed by atoms with E-state index in [-0.39, 0.29) is 18.0 Å². The zero-order valence-electron chi connectivity index (χ0n) is 17.7. The zero-order valence-corrected chi connectivity index (χ0v) is 18.5. The number of hydrogen-bond donors (Lipinski definition) is 1. The highest BCUT2D eigenvalue weighted by molar-refractivity contribution is 7.13. The number of aromatic nitrogens is 3. The number of nitrogens with one attached hydrogen (secondary N) is 1. The molecule has 162 valence electrons. The standard InChI is InChI=1S/C24H22N4O3S/c1-16(28-22(29)13-12-21(27-28)17-6-4-3-5-7-17)23(30)25-14-19-15-32-24(26-19)18-8-10-20(31-2)11-9-18/h3-13,15-16H,14H2,1-2H3,(H,25,30)/t16-/m0/s1. The van der Waals surface area contributed by atoms with Crippen molar-refractivity contribution in [2.45, 2.75) is 19.5 Å². The van der Waals surface area contributed by atoms with Gasteiger partial charge in [0, 0.05) is 22.6 Å². The van der Waals surface area contributed by atoms with E-state index >= 15 is 0 Å². The minimum Gasteiger partial charge on any atom is -0.497 e. The van der Waals surface area contributed by atoms with E-state index in [1.54, 1.807) is 20.1 Å². The SMILES string of the molecule is COc1ccc(-c2nc(CNC(=O)[C@H](C)n3nc(-c4ccccc4)ccc3=O)cs2)cc1. The third-order valence-corrected chi connectivity index (χ3v) is 5.91. The number of carbonyl (C=O) groups excluding carboxylic acids is 1. The number of thiazole rings is 1. The topological polar surface area (TPSA) is 86.1 Å². The van der Waals surface area contributed by atoms with E-state index in [9.17, 15) is 9.59 Å². The lowest BCUT2D eigenvalue weighted by Crippen LogP contribution is -2.36. The third-order valence-electron chi connectivity index (χ3n) is 4.97. The van der Waals surface area contributed by atoms with E-state index in [2.05, 4.69) is 15.4 Å². The molecule has 0 fully saturated rings. The highest BCUT2D eigenvalue weighted by Gasteiger charge is 2.18. The molecule has 2 heterocycles. The van der Waals surface area contributed by atoms with Crippen molar-refractivity contribution in [3.63, 3.8) is 0 Å². The molecule has 2 aromatic carbocycles. The largest absolute Gasteiger partial charge is 0.497 e. The minimum absolute atomic E-state index is 0.267. The predicted octanol–water partition coefficient (Wildman–Crippen LogP) is 3.92. The van der Waals surface area contributed by atoms with Crippen molar-refractivity contribution in [3.8, 4) is 27.6 Å². The summed E-state index contributed by atoms with van der Waals surface area (Å²) in [5.74, 6) is 0.482. The number of nitrogens with zero attached hydrogens (tertiary/aromatic N) is 3. The molecule has 0 saturated heterocycles. The lowest BCUT2D eigenvalue weighted by molar-refractivity contribution is -0.124. The van der Waals surface area contributed by atoms with Crippen molar-refractivity contribution >= 4 is 17.2 Å². The van der Waals surface area contributed by atoms with E-state index in [1.165, 1.54) is 22.1 Å². The number of ether oxygens (including phenoxy) is 1. The average Bonchev–Trinajstić information content (AvgIpc) is 3.32. The Kier molecular flexibility index (Phi) is 6.42. The van der Waals surface area contributed by atoms with Crippen molar-refractivity contribution in [1.82, 2.24) is 20.1 Å². The van der Waals surface area contributed by atoms with Gasteiger partial charge in [-0.1, -0.05) is 30.3 Å². The number of rotatable bonds is 7. The molecule has 0 aliphatic rings. The van der Waals surface area contributed by atoms with Gasteiger partial charge in [0.15, 0.2) is 0 Å². The summed E-state index contributed by atoms with van der Waals surface area (Å²) in [6, 6.07) is 19.5. The van der Waals surface area contributed by atoms with Gasteiger partial charge in [0.05, 0.1) is 25.0 Å². The van der Waals surface area contributed by atoms with E-state index in [1.807, 2.05) is 60.0 Å². The van der Waals surface area contributed by atoms with Gasteiger partial charge in [-0.3, -0.25) is 9.59 Å². The van der Waals surface area contributed by atoms with Gasteiger partial charge in [0.25, 0.3) is 5.56 Å². The Bertz CT molecular complexity index is 1270. The molecule has 0 radical (unpaired) electrons. The van der Waals surface area contributed by atoms with Gasteiger partial charge in [-0.25, -0.2) is 9.67 Å². The van der Waals surface area contributed by atoms with Crippen molar-refractivity contribution in [3.05, 3.63) is 88.2 Å². The second-order valence-electron chi connectivity index (χ2n) is 7.13. The van der Waals surface area contributed by atoms with Gasteiger partial charge < -0.3 is 10.1 Å². The maximum atomic E-state index is 12.7. The summed E-state index contributed by atoms with van der Waals surface area (Å²) in [4.78, 5) is 29.6. The number of hydrogen-bond acceptors (Lipinski definition) is 6. The zero-order chi connectivity index (χ0) is 22.5. The maximum absolute atomic E-state index is 12.7. The molecule has 2 aromatic heterocycles. The van der Waals surface area contributed by atoms with Crippen LogP contribution in [-0.4, -0.2) is 27.8 Å². The highest BCUT2D eigenvalue weighted by atomic mass is 32.1. The second kappa shape index (κ2) is 9.57. The number of carbonyl (C=O) groups is 1. The molecule has 32 heavy (non-hydrogen) atoms. The molecule has 1 atom stereocenters. The normalized spacial score (nSPS) is 11.7. The Morgan fingerprint density at radius 1 is 1.06 bits per heavy atom. The summed E-state index contributed by atoms with van der Waals surface area (Å²) in [6.45, 7) is 1.92. The van der Waals surface area contributed by atoms with Crippen LogP contribution in [0.15, 0.2) is 76.9 Å². The highest BCUT2D eigenvalue weighted by Crippen LogP contribution is 2.25. The first kappa shape index (κ1) is 21.5.